The minimum atomic E-state index is 0.701. The van der Waals surface area contributed by atoms with Crippen molar-refractivity contribution < 1.29 is 0 Å². The van der Waals surface area contributed by atoms with Gasteiger partial charge in [0.15, 0.2) is 0 Å². The first kappa shape index (κ1) is 15.2. The second-order valence-electron chi connectivity index (χ2n) is 5.66. The van der Waals surface area contributed by atoms with Gasteiger partial charge in [-0.25, -0.2) is 0 Å². The summed E-state index contributed by atoms with van der Waals surface area (Å²) in [5.74, 6) is 1.82. The molecule has 0 atom stereocenters. The molecule has 1 N–H and O–H groups in total. The molecule has 3 heteroatoms. The molecule has 1 aromatic carbocycles. The largest absolute Gasteiger partial charge is 0.312 e. The van der Waals surface area contributed by atoms with Gasteiger partial charge in [0.25, 0.3) is 0 Å². The maximum atomic E-state index is 6.16. The highest BCUT2D eigenvalue weighted by Crippen LogP contribution is 2.30. The van der Waals surface area contributed by atoms with E-state index in [1.807, 2.05) is 18.2 Å². The van der Waals surface area contributed by atoms with Crippen molar-refractivity contribution in [2.45, 2.75) is 45.6 Å². The smallest absolute Gasteiger partial charge is 0.0465 e. The Morgan fingerprint density at radius 2 is 1.79 bits per heavy atom. The van der Waals surface area contributed by atoms with E-state index in [0.717, 1.165) is 35.5 Å². The van der Waals surface area contributed by atoms with Crippen LogP contribution in [0.5, 0.6) is 0 Å². The lowest BCUT2D eigenvalue weighted by molar-refractivity contribution is 0.262. The zero-order valence-corrected chi connectivity index (χ0v) is 13.1. The van der Waals surface area contributed by atoms with Gasteiger partial charge in [-0.2, -0.15) is 0 Å². The molecule has 0 aliphatic heterocycles. The molecule has 2 rings (SSSR count). The Hall–Kier alpha value is -0.240. The van der Waals surface area contributed by atoms with Crippen LogP contribution in [-0.4, -0.2) is 6.54 Å². The van der Waals surface area contributed by atoms with Gasteiger partial charge in [0.1, 0.15) is 0 Å². The van der Waals surface area contributed by atoms with Gasteiger partial charge in [-0.3, -0.25) is 0 Å². The standard InChI is InChI=1S/C16H23Cl2N/c1-2-12-3-5-13(6-4-12)10-19-11-14-7-8-15(17)9-16(14)18/h7-9,12-13,19H,2-6,10-11H2,1H3. The van der Waals surface area contributed by atoms with E-state index in [2.05, 4.69) is 12.2 Å². The van der Waals surface area contributed by atoms with Crippen LogP contribution in [0, 0.1) is 11.8 Å². The summed E-state index contributed by atoms with van der Waals surface area (Å²) in [4.78, 5) is 0. The van der Waals surface area contributed by atoms with E-state index in [4.69, 9.17) is 23.2 Å². The monoisotopic (exact) mass is 299 g/mol. The van der Waals surface area contributed by atoms with Crippen molar-refractivity contribution in [2.24, 2.45) is 11.8 Å². The third-order valence-corrected chi connectivity index (χ3v) is 4.89. The van der Waals surface area contributed by atoms with Crippen LogP contribution in [0.15, 0.2) is 18.2 Å². The van der Waals surface area contributed by atoms with Crippen LogP contribution >= 0.6 is 23.2 Å². The molecule has 0 radical (unpaired) electrons. The summed E-state index contributed by atoms with van der Waals surface area (Å²) < 4.78 is 0. The van der Waals surface area contributed by atoms with E-state index >= 15 is 0 Å². The zero-order valence-electron chi connectivity index (χ0n) is 11.6. The van der Waals surface area contributed by atoms with Crippen LogP contribution in [0.25, 0.3) is 0 Å². The lowest BCUT2D eigenvalue weighted by Crippen LogP contribution is -2.26. The average Bonchev–Trinajstić information content (AvgIpc) is 2.42. The van der Waals surface area contributed by atoms with Crippen LogP contribution in [0.4, 0.5) is 0 Å². The number of halogens is 2. The Kier molecular flexibility index (Phi) is 6.00. The van der Waals surface area contributed by atoms with E-state index < -0.39 is 0 Å². The molecule has 0 bridgehead atoms. The first-order valence-electron chi connectivity index (χ1n) is 7.33. The normalized spacial score (nSPS) is 23.5. The highest BCUT2D eigenvalue weighted by atomic mass is 35.5. The predicted molar refractivity (Wildman–Crippen MR) is 83.9 cm³/mol. The molecule has 1 aliphatic rings. The lowest BCUT2D eigenvalue weighted by Gasteiger charge is -2.28. The zero-order chi connectivity index (χ0) is 13.7. The van der Waals surface area contributed by atoms with Gasteiger partial charge in [-0.1, -0.05) is 55.5 Å². The van der Waals surface area contributed by atoms with Gasteiger partial charge in [-0.15, -0.1) is 0 Å². The van der Waals surface area contributed by atoms with Gasteiger partial charge in [0, 0.05) is 16.6 Å². The summed E-state index contributed by atoms with van der Waals surface area (Å²) in [7, 11) is 0. The number of rotatable bonds is 5. The molecule has 1 nitrogen and oxygen atoms in total. The Labute approximate surface area is 126 Å². The second kappa shape index (κ2) is 7.52. The second-order valence-corrected chi connectivity index (χ2v) is 6.51. The Bertz CT molecular complexity index is 398. The van der Waals surface area contributed by atoms with Crippen molar-refractivity contribution >= 4 is 23.2 Å². The third kappa shape index (κ3) is 4.66. The molecule has 0 amide bonds. The fraction of sp³-hybridized carbons (Fsp3) is 0.625. The van der Waals surface area contributed by atoms with E-state index in [1.165, 1.54) is 32.1 Å². The Morgan fingerprint density at radius 1 is 1.11 bits per heavy atom. The van der Waals surface area contributed by atoms with Crippen molar-refractivity contribution in [3.8, 4) is 0 Å². The van der Waals surface area contributed by atoms with Crippen LogP contribution in [0.1, 0.15) is 44.6 Å². The lowest BCUT2D eigenvalue weighted by atomic mass is 9.81. The van der Waals surface area contributed by atoms with Crippen molar-refractivity contribution in [3.63, 3.8) is 0 Å². The van der Waals surface area contributed by atoms with Gasteiger partial charge in [-0.05, 0) is 48.9 Å². The summed E-state index contributed by atoms with van der Waals surface area (Å²) in [5, 5.41) is 5.00. The summed E-state index contributed by atoms with van der Waals surface area (Å²) in [6.07, 6.45) is 6.91. The molecule has 1 aromatic rings. The minimum Gasteiger partial charge on any atom is -0.312 e. The first-order chi connectivity index (χ1) is 9.19. The number of hydrogen-bond acceptors (Lipinski definition) is 1. The highest BCUT2D eigenvalue weighted by molar-refractivity contribution is 6.35. The molecule has 0 saturated heterocycles. The van der Waals surface area contributed by atoms with E-state index in [0.29, 0.717) is 5.02 Å². The summed E-state index contributed by atoms with van der Waals surface area (Å²) in [6, 6.07) is 5.72. The van der Waals surface area contributed by atoms with Crippen molar-refractivity contribution in [1.29, 1.82) is 0 Å². The molecule has 106 valence electrons. The average molecular weight is 300 g/mol. The molecular weight excluding hydrogens is 277 g/mol. The van der Waals surface area contributed by atoms with Crippen LogP contribution in [0.2, 0.25) is 10.0 Å². The van der Waals surface area contributed by atoms with E-state index in [1.54, 1.807) is 0 Å². The molecule has 0 spiro atoms. The minimum absolute atomic E-state index is 0.701. The van der Waals surface area contributed by atoms with Gasteiger partial charge in [0.2, 0.25) is 0 Å². The van der Waals surface area contributed by atoms with E-state index in [-0.39, 0.29) is 0 Å². The van der Waals surface area contributed by atoms with Crippen LogP contribution in [0.3, 0.4) is 0 Å². The molecule has 0 aromatic heterocycles. The van der Waals surface area contributed by atoms with Gasteiger partial charge in [0.05, 0.1) is 0 Å². The van der Waals surface area contributed by atoms with Crippen LogP contribution in [-0.2, 0) is 6.54 Å². The topological polar surface area (TPSA) is 12.0 Å². The molecule has 19 heavy (non-hydrogen) atoms. The summed E-state index contributed by atoms with van der Waals surface area (Å²) in [5.41, 5.74) is 1.13. The molecule has 1 aliphatic carbocycles. The number of nitrogens with one attached hydrogen (secondary N) is 1. The maximum absolute atomic E-state index is 6.16. The fourth-order valence-electron chi connectivity index (χ4n) is 2.92. The number of hydrogen-bond donors (Lipinski definition) is 1. The third-order valence-electron chi connectivity index (χ3n) is 4.31. The molecular formula is C16H23Cl2N. The van der Waals surface area contributed by atoms with Gasteiger partial charge >= 0.3 is 0 Å². The summed E-state index contributed by atoms with van der Waals surface area (Å²) in [6.45, 7) is 4.25. The molecule has 0 unspecified atom stereocenters. The fourth-order valence-corrected chi connectivity index (χ4v) is 3.40. The molecule has 1 fully saturated rings. The Balaban J connectivity index is 1.72. The highest BCUT2D eigenvalue weighted by Gasteiger charge is 2.19. The number of benzene rings is 1. The van der Waals surface area contributed by atoms with E-state index in [9.17, 15) is 0 Å². The maximum Gasteiger partial charge on any atom is 0.0465 e. The van der Waals surface area contributed by atoms with Crippen molar-refractivity contribution in [1.82, 2.24) is 5.32 Å². The SMILES string of the molecule is CCC1CCC(CNCc2ccc(Cl)cc2Cl)CC1. The first-order valence-corrected chi connectivity index (χ1v) is 8.09. The molecule has 1 saturated carbocycles. The quantitative estimate of drug-likeness (QED) is 0.778. The molecule has 0 heterocycles. The Morgan fingerprint density at radius 3 is 2.42 bits per heavy atom. The van der Waals surface area contributed by atoms with Crippen LogP contribution < -0.4 is 5.32 Å². The van der Waals surface area contributed by atoms with Crippen molar-refractivity contribution in [2.75, 3.05) is 6.54 Å². The van der Waals surface area contributed by atoms with Crippen molar-refractivity contribution in [3.05, 3.63) is 33.8 Å². The summed E-state index contributed by atoms with van der Waals surface area (Å²) >= 11 is 12.1. The van der Waals surface area contributed by atoms with Gasteiger partial charge < -0.3 is 5.32 Å². The predicted octanol–water partition coefficient (Wildman–Crippen LogP) is 5.30.